The Bertz CT molecular complexity index is 476. The molecule has 1 unspecified atom stereocenters. The first-order valence-electron chi connectivity index (χ1n) is 5.85. The first-order valence-corrected chi connectivity index (χ1v) is 5.85. The number of nitrogens with one attached hydrogen (secondary N) is 1. The zero-order valence-electron chi connectivity index (χ0n) is 10.9. The van der Waals surface area contributed by atoms with E-state index in [0.29, 0.717) is 12.1 Å². The summed E-state index contributed by atoms with van der Waals surface area (Å²) >= 11 is 0. The molecule has 1 aromatic rings. The minimum Gasteiger partial charge on any atom is -0.490 e. The van der Waals surface area contributed by atoms with Gasteiger partial charge in [-0.25, -0.2) is 0 Å². The Morgan fingerprint density at radius 1 is 1.58 bits per heavy atom. The van der Waals surface area contributed by atoms with Gasteiger partial charge in [0.1, 0.15) is 0 Å². The van der Waals surface area contributed by atoms with Crippen LogP contribution in [-0.2, 0) is 0 Å². The summed E-state index contributed by atoms with van der Waals surface area (Å²) in [6, 6.07) is 3.86. The summed E-state index contributed by atoms with van der Waals surface area (Å²) in [5, 5.41) is 13.4. The summed E-state index contributed by atoms with van der Waals surface area (Å²) in [6.45, 7) is 2.28. The van der Waals surface area contributed by atoms with Gasteiger partial charge in [0.2, 0.25) is 0 Å². The lowest BCUT2D eigenvalue weighted by Crippen LogP contribution is -2.36. The number of benzene rings is 1. The summed E-state index contributed by atoms with van der Waals surface area (Å²) in [5.74, 6) is -0.283. The molecule has 0 spiro atoms. The normalized spacial score (nSPS) is 11.7. The van der Waals surface area contributed by atoms with Crippen LogP contribution in [0, 0.1) is 10.1 Å². The average Bonchev–Trinajstić information content (AvgIpc) is 2.43. The van der Waals surface area contributed by atoms with Crippen LogP contribution in [0.1, 0.15) is 23.7 Å². The van der Waals surface area contributed by atoms with Gasteiger partial charge in [-0.15, -0.1) is 0 Å². The predicted octanol–water partition coefficient (Wildman–Crippen LogP) is 1.07. The minimum atomic E-state index is -0.562. The van der Waals surface area contributed by atoms with E-state index < -0.39 is 4.92 Å². The molecule has 1 rings (SSSR count). The summed E-state index contributed by atoms with van der Waals surface area (Å²) in [6.07, 6.45) is 0.754. The van der Waals surface area contributed by atoms with Crippen molar-refractivity contribution in [2.45, 2.75) is 19.4 Å². The van der Waals surface area contributed by atoms with Crippen LogP contribution in [0.15, 0.2) is 18.2 Å². The van der Waals surface area contributed by atoms with Gasteiger partial charge in [0.25, 0.3) is 5.91 Å². The lowest BCUT2D eigenvalue weighted by atomic mass is 10.1. The highest BCUT2D eigenvalue weighted by Crippen LogP contribution is 2.27. The highest BCUT2D eigenvalue weighted by molar-refractivity contribution is 5.95. The highest BCUT2D eigenvalue weighted by Gasteiger charge is 2.17. The quantitative estimate of drug-likeness (QED) is 0.592. The fourth-order valence-corrected chi connectivity index (χ4v) is 1.44. The molecule has 0 aromatic heterocycles. The van der Waals surface area contributed by atoms with E-state index in [1.54, 1.807) is 0 Å². The van der Waals surface area contributed by atoms with Crippen LogP contribution in [-0.4, -0.2) is 30.5 Å². The summed E-state index contributed by atoms with van der Waals surface area (Å²) in [7, 11) is 1.32. The molecule has 0 aliphatic heterocycles. The van der Waals surface area contributed by atoms with Crippen LogP contribution in [0.3, 0.4) is 0 Å². The molecule has 3 N–H and O–H groups in total. The Labute approximate surface area is 110 Å². The van der Waals surface area contributed by atoms with E-state index in [4.69, 9.17) is 10.5 Å². The number of nitrogens with two attached hydrogens (primary N) is 1. The number of methoxy groups -OCH3 is 1. The fourth-order valence-electron chi connectivity index (χ4n) is 1.44. The van der Waals surface area contributed by atoms with Gasteiger partial charge in [0, 0.05) is 30.3 Å². The second-order valence-electron chi connectivity index (χ2n) is 4.02. The maximum Gasteiger partial charge on any atom is 0.310 e. The van der Waals surface area contributed by atoms with Gasteiger partial charge in [-0.1, -0.05) is 6.92 Å². The molecule has 0 fully saturated rings. The summed E-state index contributed by atoms with van der Waals surface area (Å²) < 4.78 is 4.90. The van der Waals surface area contributed by atoms with Gasteiger partial charge >= 0.3 is 5.69 Å². The van der Waals surface area contributed by atoms with Gasteiger partial charge in [-0.2, -0.15) is 0 Å². The molecule has 0 saturated heterocycles. The molecule has 1 aromatic carbocycles. The van der Waals surface area contributed by atoms with E-state index in [1.807, 2.05) is 6.92 Å². The Morgan fingerprint density at radius 3 is 2.79 bits per heavy atom. The second-order valence-corrected chi connectivity index (χ2v) is 4.02. The van der Waals surface area contributed by atoms with Crippen LogP contribution >= 0.6 is 0 Å². The molecule has 19 heavy (non-hydrogen) atoms. The smallest absolute Gasteiger partial charge is 0.310 e. The average molecular weight is 267 g/mol. The van der Waals surface area contributed by atoms with Gasteiger partial charge in [-0.05, 0) is 12.5 Å². The van der Waals surface area contributed by atoms with Gasteiger partial charge < -0.3 is 15.8 Å². The molecule has 0 aliphatic carbocycles. The van der Waals surface area contributed by atoms with E-state index in [-0.39, 0.29) is 23.4 Å². The van der Waals surface area contributed by atoms with E-state index in [9.17, 15) is 14.9 Å². The standard InChI is InChI=1S/C12H17N3O4/c1-3-9(13)7-14-12(16)8-4-5-10(15(17)18)11(6-8)19-2/h4-6,9H,3,7,13H2,1-2H3,(H,14,16). The van der Waals surface area contributed by atoms with Crippen molar-refractivity contribution in [1.29, 1.82) is 0 Å². The molecular formula is C12H17N3O4. The number of hydrogen-bond acceptors (Lipinski definition) is 5. The Hall–Kier alpha value is -2.15. The highest BCUT2D eigenvalue weighted by atomic mass is 16.6. The molecular weight excluding hydrogens is 250 g/mol. The minimum absolute atomic E-state index is 0.0532. The number of hydrogen-bond donors (Lipinski definition) is 2. The summed E-state index contributed by atoms with van der Waals surface area (Å²) in [4.78, 5) is 22.0. The number of carbonyl (C=O) groups excluding carboxylic acids is 1. The maximum absolute atomic E-state index is 11.8. The largest absolute Gasteiger partial charge is 0.490 e. The molecule has 7 nitrogen and oxygen atoms in total. The lowest BCUT2D eigenvalue weighted by Gasteiger charge is -2.10. The molecule has 1 amide bonds. The zero-order valence-corrected chi connectivity index (χ0v) is 10.9. The molecule has 104 valence electrons. The Balaban J connectivity index is 2.84. The number of nitrogens with zero attached hydrogens (tertiary/aromatic N) is 1. The molecule has 0 aliphatic rings. The van der Waals surface area contributed by atoms with E-state index in [2.05, 4.69) is 5.32 Å². The molecule has 7 heteroatoms. The maximum atomic E-state index is 11.8. The van der Waals surface area contributed by atoms with Gasteiger partial charge in [0.05, 0.1) is 12.0 Å². The molecule has 0 saturated carbocycles. The number of nitro benzene ring substituents is 1. The first-order chi connectivity index (χ1) is 8.99. The molecule has 0 bridgehead atoms. The third-order valence-electron chi connectivity index (χ3n) is 2.69. The molecule has 0 heterocycles. The van der Waals surface area contributed by atoms with Crippen molar-refractivity contribution in [3.63, 3.8) is 0 Å². The number of carbonyl (C=O) groups is 1. The third-order valence-corrected chi connectivity index (χ3v) is 2.69. The van der Waals surface area contributed by atoms with Gasteiger partial charge in [0.15, 0.2) is 5.75 Å². The summed E-state index contributed by atoms with van der Waals surface area (Å²) in [5.41, 5.74) is 5.81. The van der Waals surface area contributed by atoms with Gasteiger partial charge in [-0.3, -0.25) is 14.9 Å². The lowest BCUT2D eigenvalue weighted by molar-refractivity contribution is -0.385. The SMILES string of the molecule is CCC(N)CNC(=O)c1ccc([N+](=O)[O-])c(OC)c1. The Morgan fingerprint density at radius 2 is 2.26 bits per heavy atom. The van der Waals surface area contributed by atoms with Crippen LogP contribution in [0.5, 0.6) is 5.75 Å². The zero-order chi connectivity index (χ0) is 14.4. The van der Waals surface area contributed by atoms with Crippen molar-refractivity contribution < 1.29 is 14.5 Å². The topological polar surface area (TPSA) is 107 Å². The third kappa shape index (κ3) is 3.92. The van der Waals surface area contributed by atoms with Crippen molar-refractivity contribution in [2.75, 3.05) is 13.7 Å². The Kier molecular flexibility index (Phi) is 5.25. The fraction of sp³-hybridized carbons (Fsp3) is 0.417. The van der Waals surface area contributed by atoms with Crippen molar-refractivity contribution in [2.24, 2.45) is 5.73 Å². The van der Waals surface area contributed by atoms with Crippen LogP contribution in [0.2, 0.25) is 0 Å². The van der Waals surface area contributed by atoms with E-state index >= 15 is 0 Å². The first kappa shape index (κ1) is 14.9. The second kappa shape index (κ2) is 6.69. The van der Waals surface area contributed by atoms with Crippen molar-refractivity contribution >= 4 is 11.6 Å². The van der Waals surface area contributed by atoms with Crippen molar-refractivity contribution in [3.8, 4) is 5.75 Å². The van der Waals surface area contributed by atoms with E-state index in [0.717, 1.165) is 6.42 Å². The van der Waals surface area contributed by atoms with Crippen molar-refractivity contribution in [3.05, 3.63) is 33.9 Å². The molecule has 1 atom stereocenters. The number of ether oxygens (including phenoxy) is 1. The predicted molar refractivity (Wildman–Crippen MR) is 70.2 cm³/mol. The number of amides is 1. The molecule has 0 radical (unpaired) electrons. The number of rotatable bonds is 6. The number of nitro groups is 1. The van der Waals surface area contributed by atoms with Crippen LogP contribution < -0.4 is 15.8 Å². The van der Waals surface area contributed by atoms with Crippen LogP contribution in [0.25, 0.3) is 0 Å². The monoisotopic (exact) mass is 267 g/mol. The van der Waals surface area contributed by atoms with E-state index in [1.165, 1.54) is 25.3 Å². The van der Waals surface area contributed by atoms with Crippen LogP contribution in [0.4, 0.5) is 5.69 Å². The van der Waals surface area contributed by atoms with Crippen molar-refractivity contribution in [1.82, 2.24) is 5.32 Å².